The van der Waals surface area contributed by atoms with Crippen molar-refractivity contribution in [2.24, 2.45) is 5.92 Å². The van der Waals surface area contributed by atoms with Crippen LogP contribution in [0, 0.1) is 5.92 Å². The Hall–Kier alpha value is -0.150. The minimum absolute atomic E-state index is 0.0527. The molecule has 0 aromatic carbocycles. The topological polar surface area (TPSA) is 66.5 Å². The predicted molar refractivity (Wildman–Crippen MR) is 87.2 cm³/mol. The van der Waals surface area contributed by atoms with Crippen molar-refractivity contribution in [1.29, 1.82) is 0 Å². The molecular weight excluding hydrogens is 400 g/mol. The number of sulfonamides is 1. The fraction of sp³-hybridized carbons (Fsp3) is 0.583. The molecule has 1 aliphatic rings. The molecular formula is C12H16BrClN2O3S2. The SMILES string of the molecule is CC(=O)NCC1CCN(S(=O)(=O)c2cc(Cl)c(Br)s2)CC1. The molecule has 1 fully saturated rings. The molecule has 2 heterocycles. The maximum Gasteiger partial charge on any atom is 0.252 e. The first-order valence-corrected chi connectivity index (χ1v) is 9.93. The molecule has 0 aliphatic carbocycles. The van der Waals surface area contributed by atoms with E-state index in [1.165, 1.54) is 17.3 Å². The Morgan fingerprint density at radius 3 is 2.62 bits per heavy atom. The second kappa shape index (κ2) is 6.95. The number of amides is 1. The van der Waals surface area contributed by atoms with E-state index in [0.717, 1.165) is 24.2 Å². The van der Waals surface area contributed by atoms with Gasteiger partial charge in [0.15, 0.2) is 0 Å². The lowest BCUT2D eigenvalue weighted by Gasteiger charge is -2.30. The van der Waals surface area contributed by atoms with Gasteiger partial charge in [-0.25, -0.2) is 8.42 Å². The van der Waals surface area contributed by atoms with Crippen LogP contribution in [0.5, 0.6) is 0 Å². The molecule has 0 bridgehead atoms. The largest absolute Gasteiger partial charge is 0.356 e. The van der Waals surface area contributed by atoms with Crippen LogP contribution in [-0.4, -0.2) is 38.3 Å². The Kier molecular flexibility index (Phi) is 5.70. The van der Waals surface area contributed by atoms with Gasteiger partial charge in [-0.1, -0.05) is 11.6 Å². The summed E-state index contributed by atoms with van der Waals surface area (Å²) in [5, 5.41) is 3.20. The molecule has 5 nitrogen and oxygen atoms in total. The quantitative estimate of drug-likeness (QED) is 0.822. The molecule has 1 aliphatic heterocycles. The number of nitrogens with zero attached hydrogens (tertiary/aromatic N) is 1. The fourth-order valence-corrected chi connectivity index (χ4v) is 6.25. The molecule has 21 heavy (non-hydrogen) atoms. The number of carbonyl (C=O) groups excluding carboxylic acids is 1. The van der Waals surface area contributed by atoms with E-state index in [1.807, 2.05) is 0 Å². The Labute approximate surface area is 141 Å². The molecule has 0 atom stereocenters. The van der Waals surface area contributed by atoms with Gasteiger partial charge in [0.2, 0.25) is 5.91 Å². The van der Waals surface area contributed by atoms with Crippen LogP contribution in [0.3, 0.4) is 0 Å². The van der Waals surface area contributed by atoms with Gasteiger partial charge in [-0.15, -0.1) is 11.3 Å². The van der Waals surface area contributed by atoms with E-state index in [-0.39, 0.29) is 10.1 Å². The van der Waals surface area contributed by atoms with Crippen LogP contribution in [0.1, 0.15) is 19.8 Å². The summed E-state index contributed by atoms with van der Waals surface area (Å²) in [5.41, 5.74) is 0. The summed E-state index contributed by atoms with van der Waals surface area (Å²) in [4.78, 5) is 10.9. The molecule has 0 saturated carbocycles. The highest BCUT2D eigenvalue weighted by molar-refractivity contribution is 9.11. The average Bonchev–Trinajstić information content (AvgIpc) is 2.77. The van der Waals surface area contributed by atoms with Crippen LogP contribution in [0.25, 0.3) is 0 Å². The molecule has 9 heteroatoms. The van der Waals surface area contributed by atoms with Crippen LogP contribution < -0.4 is 5.32 Å². The van der Waals surface area contributed by atoms with Crippen molar-refractivity contribution in [2.75, 3.05) is 19.6 Å². The first-order chi connectivity index (χ1) is 9.80. The average molecular weight is 416 g/mol. The van der Waals surface area contributed by atoms with Gasteiger partial charge in [-0.05, 0) is 40.8 Å². The van der Waals surface area contributed by atoms with Crippen LogP contribution in [0.15, 0.2) is 14.1 Å². The fourth-order valence-electron chi connectivity index (χ4n) is 2.22. The van der Waals surface area contributed by atoms with Gasteiger partial charge in [-0.3, -0.25) is 4.79 Å². The maximum atomic E-state index is 12.5. The Balaban J connectivity index is 1.99. The molecule has 1 amide bonds. The molecule has 0 spiro atoms. The van der Waals surface area contributed by atoms with Crippen molar-refractivity contribution in [3.8, 4) is 0 Å². The molecule has 0 unspecified atom stereocenters. The van der Waals surface area contributed by atoms with E-state index in [0.29, 0.717) is 34.4 Å². The summed E-state index contributed by atoms with van der Waals surface area (Å²) in [6.45, 7) is 3.04. The first-order valence-electron chi connectivity index (χ1n) is 6.50. The minimum atomic E-state index is -3.47. The van der Waals surface area contributed by atoms with E-state index < -0.39 is 10.0 Å². The standard InChI is InChI=1S/C12H16BrClN2O3S2/c1-8(17)15-7-9-2-4-16(5-3-9)21(18,19)11-6-10(14)12(13)20-11/h6,9H,2-5,7H2,1H3,(H,15,17). The van der Waals surface area contributed by atoms with Crippen LogP contribution in [0.2, 0.25) is 5.02 Å². The summed E-state index contributed by atoms with van der Waals surface area (Å²) in [7, 11) is -3.47. The molecule has 1 saturated heterocycles. The maximum absolute atomic E-state index is 12.5. The number of piperidine rings is 1. The van der Waals surface area contributed by atoms with E-state index >= 15 is 0 Å². The summed E-state index contributed by atoms with van der Waals surface area (Å²) in [5.74, 6) is 0.280. The zero-order valence-electron chi connectivity index (χ0n) is 11.4. The predicted octanol–water partition coefficient (Wildman–Crippen LogP) is 2.70. The molecule has 1 aromatic heterocycles. The van der Waals surface area contributed by atoms with Crippen molar-refractivity contribution >= 4 is 54.8 Å². The van der Waals surface area contributed by atoms with Crippen molar-refractivity contribution in [3.63, 3.8) is 0 Å². The van der Waals surface area contributed by atoms with E-state index in [4.69, 9.17) is 11.6 Å². The summed E-state index contributed by atoms with van der Waals surface area (Å²) in [6, 6.07) is 1.48. The van der Waals surface area contributed by atoms with Gasteiger partial charge in [0.05, 0.1) is 8.81 Å². The van der Waals surface area contributed by atoms with Gasteiger partial charge in [0.1, 0.15) is 4.21 Å². The molecule has 1 aromatic rings. The van der Waals surface area contributed by atoms with Crippen LogP contribution in [0.4, 0.5) is 0 Å². The van der Waals surface area contributed by atoms with Crippen molar-refractivity contribution in [2.45, 2.75) is 24.0 Å². The van der Waals surface area contributed by atoms with E-state index in [1.54, 1.807) is 0 Å². The zero-order chi connectivity index (χ0) is 15.6. The number of hydrogen-bond donors (Lipinski definition) is 1. The highest BCUT2D eigenvalue weighted by Crippen LogP contribution is 2.36. The lowest BCUT2D eigenvalue weighted by atomic mass is 9.98. The third kappa shape index (κ3) is 4.19. The molecule has 0 radical (unpaired) electrons. The highest BCUT2D eigenvalue weighted by atomic mass is 79.9. The summed E-state index contributed by atoms with van der Waals surface area (Å²) < 4.78 is 27.4. The Morgan fingerprint density at radius 2 is 2.14 bits per heavy atom. The third-order valence-corrected chi connectivity index (χ3v) is 8.25. The number of rotatable bonds is 4. The van der Waals surface area contributed by atoms with Crippen LogP contribution in [-0.2, 0) is 14.8 Å². The number of halogens is 2. The number of hydrogen-bond acceptors (Lipinski definition) is 4. The normalized spacial score (nSPS) is 17.9. The molecule has 2 rings (SSSR count). The summed E-state index contributed by atoms with van der Waals surface area (Å²) in [6.07, 6.45) is 1.50. The second-order valence-corrected chi connectivity index (χ2v) is 9.91. The van der Waals surface area contributed by atoms with Gasteiger partial charge in [-0.2, -0.15) is 4.31 Å². The molecule has 118 valence electrons. The monoisotopic (exact) mass is 414 g/mol. The number of nitrogens with one attached hydrogen (secondary N) is 1. The second-order valence-electron chi connectivity index (χ2n) is 4.97. The lowest BCUT2D eigenvalue weighted by molar-refractivity contribution is -0.119. The smallest absolute Gasteiger partial charge is 0.252 e. The zero-order valence-corrected chi connectivity index (χ0v) is 15.4. The van der Waals surface area contributed by atoms with E-state index in [9.17, 15) is 13.2 Å². The van der Waals surface area contributed by atoms with Gasteiger partial charge in [0, 0.05) is 26.6 Å². The van der Waals surface area contributed by atoms with Crippen molar-refractivity contribution in [1.82, 2.24) is 9.62 Å². The van der Waals surface area contributed by atoms with E-state index in [2.05, 4.69) is 21.2 Å². The van der Waals surface area contributed by atoms with Gasteiger partial charge < -0.3 is 5.32 Å². The third-order valence-electron chi connectivity index (χ3n) is 3.43. The Bertz CT molecular complexity index is 605. The van der Waals surface area contributed by atoms with Crippen LogP contribution >= 0.6 is 38.9 Å². The highest BCUT2D eigenvalue weighted by Gasteiger charge is 2.31. The molecule has 1 N–H and O–H groups in total. The first kappa shape index (κ1) is 17.2. The van der Waals surface area contributed by atoms with Gasteiger partial charge >= 0.3 is 0 Å². The minimum Gasteiger partial charge on any atom is -0.356 e. The number of carbonyl (C=O) groups is 1. The lowest BCUT2D eigenvalue weighted by Crippen LogP contribution is -2.41. The van der Waals surface area contributed by atoms with Crippen molar-refractivity contribution < 1.29 is 13.2 Å². The van der Waals surface area contributed by atoms with Gasteiger partial charge in [0.25, 0.3) is 10.0 Å². The summed E-state index contributed by atoms with van der Waals surface area (Å²) >= 11 is 10.3. The van der Waals surface area contributed by atoms with Crippen molar-refractivity contribution in [3.05, 3.63) is 14.9 Å². The number of thiophene rings is 1. The Morgan fingerprint density at radius 1 is 1.52 bits per heavy atom.